The van der Waals surface area contributed by atoms with Gasteiger partial charge in [0, 0.05) is 20.1 Å². The molecule has 0 saturated carbocycles. The lowest BCUT2D eigenvalue weighted by Gasteiger charge is -2.19. The van der Waals surface area contributed by atoms with Crippen LogP contribution in [0.1, 0.15) is 0 Å². The topological polar surface area (TPSA) is 75.9 Å². The largest absolute Gasteiger partial charge is 0.490 e. The summed E-state index contributed by atoms with van der Waals surface area (Å²) in [5.41, 5.74) is 6.23. The molecule has 7 heteroatoms. The van der Waals surface area contributed by atoms with Crippen LogP contribution in [0.2, 0.25) is 0 Å². The van der Waals surface area contributed by atoms with Gasteiger partial charge in [-0.3, -0.25) is 0 Å². The van der Waals surface area contributed by atoms with Gasteiger partial charge < -0.3 is 15.4 Å². The molecule has 0 aliphatic carbocycles. The minimum atomic E-state index is -3.30. The third kappa shape index (κ3) is 5.36. The summed E-state index contributed by atoms with van der Waals surface area (Å²) in [6.07, 6.45) is 0. The molecule has 1 aromatic carbocycles. The lowest BCUT2D eigenvalue weighted by atomic mass is 10.3. The highest BCUT2D eigenvalue weighted by molar-refractivity contribution is 7.89. The zero-order valence-electron chi connectivity index (χ0n) is 12.2. The second kappa shape index (κ2) is 7.47. The number of nitrogens with two attached hydrogens (primary N) is 1. The molecular weight excluding hydrogens is 278 g/mol. The minimum Gasteiger partial charge on any atom is -0.490 e. The molecule has 0 atom stereocenters. The Hall–Kier alpha value is -1.31. The highest BCUT2D eigenvalue weighted by Gasteiger charge is 2.17. The Balaban J connectivity index is 2.45. The summed E-state index contributed by atoms with van der Waals surface area (Å²) in [5, 5.41) is 0. The number of para-hydroxylation sites is 2. The number of nitrogens with zero attached hydrogens (tertiary/aromatic N) is 2. The molecule has 0 saturated heterocycles. The van der Waals surface area contributed by atoms with Gasteiger partial charge in [0.05, 0.1) is 11.4 Å². The van der Waals surface area contributed by atoms with Crippen LogP contribution in [0, 0.1) is 0 Å². The first-order valence-electron chi connectivity index (χ1n) is 6.39. The molecule has 0 unspecified atom stereocenters. The fourth-order valence-electron chi connectivity index (χ4n) is 1.50. The Kier molecular flexibility index (Phi) is 6.25. The first-order chi connectivity index (χ1) is 9.33. The molecule has 0 heterocycles. The van der Waals surface area contributed by atoms with E-state index in [4.69, 9.17) is 10.5 Å². The van der Waals surface area contributed by atoms with Crippen molar-refractivity contribution in [3.63, 3.8) is 0 Å². The third-order valence-electron chi connectivity index (χ3n) is 2.85. The molecule has 114 valence electrons. The maximum Gasteiger partial charge on any atom is 0.217 e. The predicted octanol–water partition coefficient (Wildman–Crippen LogP) is 0.471. The molecule has 0 aromatic heterocycles. The van der Waals surface area contributed by atoms with Crippen molar-refractivity contribution in [3.8, 4) is 5.75 Å². The van der Waals surface area contributed by atoms with Crippen molar-refractivity contribution in [1.29, 1.82) is 0 Å². The monoisotopic (exact) mass is 301 g/mol. The van der Waals surface area contributed by atoms with Gasteiger partial charge in [-0.15, -0.1) is 0 Å². The number of benzene rings is 1. The van der Waals surface area contributed by atoms with Crippen LogP contribution >= 0.6 is 0 Å². The van der Waals surface area contributed by atoms with E-state index in [1.807, 2.05) is 19.0 Å². The van der Waals surface area contributed by atoms with E-state index in [0.717, 1.165) is 0 Å². The number of hydrogen-bond donors (Lipinski definition) is 1. The van der Waals surface area contributed by atoms with Crippen molar-refractivity contribution in [2.24, 2.45) is 0 Å². The van der Waals surface area contributed by atoms with Crippen LogP contribution in [0.5, 0.6) is 5.75 Å². The summed E-state index contributed by atoms with van der Waals surface area (Å²) in [7, 11) is 2.09. The van der Waals surface area contributed by atoms with Gasteiger partial charge in [-0.25, -0.2) is 12.7 Å². The normalized spacial score (nSPS) is 12.1. The van der Waals surface area contributed by atoms with E-state index in [-0.39, 0.29) is 12.4 Å². The molecule has 2 N–H and O–H groups in total. The van der Waals surface area contributed by atoms with Crippen LogP contribution in [0.15, 0.2) is 24.3 Å². The van der Waals surface area contributed by atoms with Gasteiger partial charge in [0.25, 0.3) is 0 Å². The van der Waals surface area contributed by atoms with Gasteiger partial charge in [0.2, 0.25) is 10.0 Å². The van der Waals surface area contributed by atoms with E-state index in [2.05, 4.69) is 0 Å². The van der Waals surface area contributed by atoms with E-state index < -0.39 is 10.0 Å². The third-order valence-corrected chi connectivity index (χ3v) is 4.67. The summed E-state index contributed by atoms with van der Waals surface area (Å²) in [5.74, 6) is 0.448. The van der Waals surface area contributed by atoms with Crippen molar-refractivity contribution >= 4 is 15.7 Å². The number of nitrogen functional groups attached to an aromatic ring is 1. The Morgan fingerprint density at radius 3 is 2.40 bits per heavy atom. The number of hydrogen-bond acceptors (Lipinski definition) is 5. The quantitative estimate of drug-likeness (QED) is 0.706. The van der Waals surface area contributed by atoms with Gasteiger partial charge in [-0.05, 0) is 26.2 Å². The van der Waals surface area contributed by atoms with E-state index in [9.17, 15) is 8.42 Å². The second-order valence-electron chi connectivity index (χ2n) is 4.83. The minimum absolute atomic E-state index is 0.0642. The second-order valence-corrected chi connectivity index (χ2v) is 7.02. The van der Waals surface area contributed by atoms with Crippen LogP contribution in [-0.4, -0.2) is 64.2 Å². The van der Waals surface area contributed by atoms with Crippen LogP contribution in [0.25, 0.3) is 0 Å². The summed E-state index contributed by atoms with van der Waals surface area (Å²) >= 11 is 0. The molecule has 0 aliphatic rings. The predicted molar refractivity (Wildman–Crippen MR) is 81.3 cm³/mol. The average Bonchev–Trinajstić information content (AvgIpc) is 2.38. The highest BCUT2D eigenvalue weighted by Crippen LogP contribution is 2.19. The van der Waals surface area contributed by atoms with Crippen LogP contribution < -0.4 is 10.5 Å². The molecule has 0 amide bonds. The molecule has 0 bridgehead atoms. The summed E-state index contributed by atoms with van der Waals surface area (Å²) in [4.78, 5) is 1.94. The van der Waals surface area contributed by atoms with Crippen molar-refractivity contribution in [2.75, 3.05) is 52.3 Å². The van der Waals surface area contributed by atoms with Crippen molar-refractivity contribution in [3.05, 3.63) is 24.3 Å². The first-order valence-corrected chi connectivity index (χ1v) is 8.00. The molecule has 1 aromatic rings. The van der Waals surface area contributed by atoms with Gasteiger partial charge >= 0.3 is 0 Å². The van der Waals surface area contributed by atoms with Crippen molar-refractivity contribution in [2.45, 2.75) is 0 Å². The van der Waals surface area contributed by atoms with Gasteiger partial charge in [-0.2, -0.15) is 0 Å². The zero-order chi connectivity index (χ0) is 15.2. The number of ether oxygens (including phenoxy) is 1. The fraction of sp³-hybridized carbons (Fsp3) is 0.538. The molecule has 0 radical (unpaired) electrons. The SMILES string of the molecule is CN(C)CCN(C)S(=O)(=O)CCOc1ccccc1N. The summed E-state index contributed by atoms with van der Waals surface area (Å²) < 4.78 is 30.8. The van der Waals surface area contributed by atoms with Crippen LogP contribution in [0.3, 0.4) is 0 Å². The molecule has 6 nitrogen and oxygen atoms in total. The lowest BCUT2D eigenvalue weighted by Crippen LogP contribution is -2.36. The average molecular weight is 301 g/mol. The standard InChI is InChI=1S/C13H23N3O3S/c1-15(2)8-9-16(3)20(17,18)11-10-19-13-7-5-4-6-12(13)14/h4-7H,8-11,14H2,1-3H3. The van der Waals surface area contributed by atoms with E-state index in [1.54, 1.807) is 31.3 Å². The van der Waals surface area contributed by atoms with E-state index >= 15 is 0 Å². The number of rotatable bonds is 8. The molecule has 0 spiro atoms. The molecular formula is C13H23N3O3S. The van der Waals surface area contributed by atoms with Gasteiger partial charge in [-0.1, -0.05) is 12.1 Å². The van der Waals surface area contributed by atoms with Crippen molar-refractivity contribution < 1.29 is 13.2 Å². The Bertz CT molecular complexity index is 517. The first kappa shape index (κ1) is 16.7. The van der Waals surface area contributed by atoms with Crippen molar-refractivity contribution in [1.82, 2.24) is 9.21 Å². The lowest BCUT2D eigenvalue weighted by molar-refractivity contribution is 0.332. The molecule has 20 heavy (non-hydrogen) atoms. The number of sulfonamides is 1. The van der Waals surface area contributed by atoms with E-state index in [0.29, 0.717) is 24.5 Å². The Morgan fingerprint density at radius 1 is 1.15 bits per heavy atom. The summed E-state index contributed by atoms with van der Waals surface area (Å²) in [6.45, 7) is 1.23. The molecule has 0 aliphatic heterocycles. The number of anilines is 1. The maximum absolute atomic E-state index is 12.0. The van der Waals surface area contributed by atoms with Gasteiger partial charge in [0.1, 0.15) is 12.4 Å². The number of likely N-dealkylation sites (N-methyl/N-ethyl adjacent to an activating group) is 2. The van der Waals surface area contributed by atoms with Gasteiger partial charge in [0.15, 0.2) is 0 Å². The summed E-state index contributed by atoms with van der Waals surface area (Å²) in [6, 6.07) is 7.03. The Morgan fingerprint density at radius 2 is 1.80 bits per heavy atom. The van der Waals surface area contributed by atoms with Crippen LogP contribution in [-0.2, 0) is 10.0 Å². The Labute approximate surface area is 121 Å². The maximum atomic E-state index is 12.0. The molecule has 0 fully saturated rings. The highest BCUT2D eigenvalue weighted by atomic mass is 32.2. The molecule has 1 rings (SSSR count). The fourth-order valence-corrected chi connectivity index (χ4v) is 2.47. The zero-order valence-corrected chi connectivity index (χ0v) is 13.1. The van der Waals surface area contributed by atoms with Crippen LogP contribution in [0.4, 0.5) is 5.69 Å². The smallest absolute Gasteiger partial charge is 0.217 e. The van der Waals surface area contributed by atoms with E-state index in [1.165, 1.54) is 4.31 Å².